The highest BCUT2D eigenvalue weighted by Gasteiger charge is 2.26. The summed E-state index contributed by atoms with van der Waals surface area (Å²) in [6, 6.07) is 4.09. The van der Waals surface area contributed by atoms with E-state index in [9.17, 15) is 4.79 Å². The van der Waals surface area contributed by atoms with Gasteiger partial charge in [0.1, 0.15) is 4.88 Å². The summed E-state index contributed by atoms with van der Waals surface area (Å²) in [7, 11) is 0. The molecule has 4 aromatic heterocycles. The zero-order chi connectivity index (χ0) is 21.6. The van der Waals surface area contributed by atoms with Crippen LogP contribution in [0.1, 0.15) is 65.6 Å². The lowest BCUT2D eigenvalue weighted by Crippen LogP contribution is -2.31. The van der Waals surface area contributed by atoms with Gasteiger partial charge in [-0.1, -0.05) is 20.8 Å². The van der Waals surface area contributed by atoms with Gasteiger partial charge in [0.25, 0.3) is 5.91 Å². The van der Waals surface area contributed by atoms with Crippen LogP contribution >= 0.6 is 11.3 Å². The van der Waals surface area contributed by atoms with Crippen molar-refractivity contribution < 1.29 is 4.79 Å². The first-order valence-corrected chi connectivity index (χ1v) is 11.3. The van der Waals surface area contributed by atoms with Gasteiger partial charge in [-0.2, -0.15) is 5.10 Å². The number of hydrogen-bond donors (Lipinski definition) is 2. The summed E-state index contributed by atoms with van der Waals surface area (Å²) in [4.78, 5) is 27.1. The number of H-pyrrole nitrogens is 1. The predicted octanol–water partition coefficient (Wildman–Crippen LogP) is 4.58. The molecule has 4 heterocycles. The maximum atomic E-state index is 12.9. The number of rotatable bonds is 3. The number of aryl methyl sites for hydroxylation is 1. The number of carbonyl (C=O) groups excluding carboxylic acids is 1. The molecule has 0 aromatic carbocycles. The second-order valence-electron chi connectivity index (χ2n) is 8.96. The number of aromatic nitrogens is 5. The zero-order valence-corrected chi connectivity index (χ0v) is 18.6. The summed E-state index contributed by atoms with van der Waals surface area (Å²) < 4.78 is 0. The highest BCUT2D eigenvalue weighted by Crippen LogP contribution is 2.34. The van der Waals surface area contributed by atoms with Gasteiger partial charge in [-0.15, -0.1) is 11.3 Å². The minimum absolute atomic E-state index is 0.0635. The Kier molecular flexibility index (Phi) is 4.81. The van der Waals surface area contributed by atoms with E-state index in [0.29, 0.717) is 4.88 Å². The van der Waals surface area contributed by atoms with Crippen molar-refractivity contribution in [1.29, 1.82) is 0 Å². The number of carbonyl (C=O) groups is 1. The number of amides is 1. The summed E-state index contributed by atoms with van der Waals surface area (Å²) in [6.07, 6.45) is 9.99. The first-order valence-electron chi connectivity index (χ1n) is 10.4. The molecule has 158 valence electrons. The molecule has 4 aromatic rings. The van der Waals surface area contributed by atoms with Crippen molar-refractivity contribution >= 4 is 28.3 Å². The van der Waals surface area contributed by atoms with Crippen molar-refractivity contribution in [3.05, 3.63) is 58.1 Å². The molecule has 0 radical (unpaired) electrons. The SMILES string of the molecule is CC(C)(C)c1ncc(C(=O)N[C@@H]2CCCc3cc(-c4ccnc5[nH]ncc45)cnc32)s1. The van der Waals surface area contributed by atoms with E-state index in [1.165, 1.54) is 16.9 Å². The molecular weight excluding hydrogens is 408 g/mol. The number of thiazole rings is 1. The number of pyridine rings is 2. The van der Waals surface area contributed by atoms with Crippen molar-refractivity contribution in [1.82, 2.24) is 30.5 Å². The van der Waals surface area contributed by atoms with Gasteiger partial charge in [-0.3, -0.25) is 14.9 Å². The summed E-state index contributed by atoms with van der Waals surface area (Å²) >= 11 is 1.46. The Labute approximate surface area is 184 Å². The fourth-order valence-corrected chi connectivity index (χ4v) is 4.89. The maximum absolute atomic E-state index is 12.9. The van der Waals surface area contributed by atoms with Crippen LogP contribution in [-0.2, 0) is 11.8 Å². The van der Waals surface area contributed by atoms with Crippen molar-refractivity contribution in [2.24, 2.45) is 0 Å². The Morgan fingerprint density at radius 2 is 2.06 bits per heavy atom. The molecular formula is C23H24N6OS. The van der Waals surface area contributed by atoms with Crippen LogP contribution < -0.4 is 5.32 Å². The molecule has 8 heteroatoms. The minimum atomic E-state index is -0.0862. The van der Waals surface area contributed by atoms with E-state index in [1.807, 2.05) is 12.3 Å². The van der Waals surface area contributed by atoms with Crippen LogP contribution in [-0.4, -0.2) is 31.1 Å². The molecule has 31 heavy (non-hydrogen) atoms. The standard InChI is InChI=1S/C23H24N6OS/c1-23(2,3)22-26-12-18(31-22)21(30)28-17-6-4-5-13-9-14(10-25-19(13)17)15-7-8-24-20-16(15)11-27-29-20/h7-12,17H,4-6H2,1-3H3,(H,28,30)(H,24,27,29)/t17-/m1/s1. The van der Waals surface area contributed by atoms with Crippen LogP contribution in [0.3, 0.4) is 0 Å². The molecule has 0 bridgehead atoms. The lowest BCUT2D eigenvalue weighted by Gasteiger charge is -2.25. The molecule has 0 spiro atoms. The average molecular weight is 433 g/mol. The molecule has 5 rings (SSSR count). The Hall–Kier alpha value is -3.13. The van der Waals surface area contributed by atoms with Gasteiger partial charge in [-0.05, 0) is 42.5 Å². The topological polar surface area (TPSA) is 96.5 Å². The van der Waals surface area contributed by atoms with E-state index in [1.54, 1.807) is 18.6 Å². The van der Waals surface area contributed by atoms with Crippen molar-refractivity contribution in [3.8, 4) is 11.1 Å². The van der Waals surface area contributed by atoms with Crippen LogP contribution in [0.2, 0.25) is 0 Å². The van der Waals surface area contributed by atoms with Crippen molar-refractivity contribution in [3.63, 3.8) is 0 Å². The smallest absolute Gasteiger partial charge is 0.263 e. The van der Waals surface area contributed by atoms with E-state index in [2.05, 4.69) is 52.3 Å². The molecule has 1 atom stereocenters. The van der Waals surface area contributed by atoms with Gasteiger partial charge in [0, 0.05) is 28.8 Å². The normalized spacial score (nSPS) is 16.3. The fraction of sp³-hybridized carbons (Fsp3) is 0.348. The van der Waals surface area contributed by atoms with Gasteiger partial charge >= 0.3 is 0 Å². The third-order valence-electron chi connectivity index (χ3n) is 5.61. The molecule has 7 nitrogen and oxygen atoms in total. The van der Waals surface area contributed by atoms with Gasteiger partial charge < -0.3 is 5.32 Å². The lowest BCUT2D eigenvalue weighted by molar-refractivity contribution is 0.0935. The number of nitrogens with one attached hydrogen (secondary N) is 2. The van der Waals surface area contributed by atoms with Crippen LogP contribution in [0.4, 0.5) is 0 Å². The lowest BCUT2D eigenvalue weighted by atomic mass is 9.90. The Morgan fingerprint density at radius 1 is 1.19 bits per heavy atom. The largest absolute Gasteiger partial charge is 0.343 e. The van der Waals surface area contributed by atoms with E-state index in [0.717, 1.165) is 52.1 Å². The van der Waals surface area contributed by atoms with Crippen LogP contribution in [0.5, 0.6) is 0 Å². The highest BCUT2D eigenvalue weighted by atomic mass is 32.1. The number of nitrogens with zero attached hydrogens (tertiary/aromatic N) is 4. The Morgan fingerprint density at radius 3 is 2.87 bits per heavy atom. The first-order chi connectivity index (χ1) is 14.9. The molecule has 0 unspecified atom stereocenters. The maximum Gasteiger partial charge on any atom is 0.263 e. The van der Waals surface area contributed by atoms with E-state index in [4.69, 9.17) is 4.98 Å². The Balaban J connectivity index is 1.41. The molecule has 0 fully saturated rings. The highest BCUT2D eigenvalue weighted by molar-refractivity contribution is 7.13. The molecule has 2 N–H and O–H groups in total. The molecule has 0 aliphatic heterocycles. The first kappa shape index (κ1) is 19.8. The summed E-state index contributed by atoms with van der Waals surface area (Å²) in [5, 5.41) is 12.1. The quantitative estimate of drug-likeness (QED) is 0.494. The monoisotopic (exact) mass is 432 g/mol. The third-order valence-corrected chi connectivity index (χ3v) is 7.03. The van der Waals surface area contributed by atoms with Crippen LogP contribution in [0.15, 0.2) is 36.9 Å². The third kappa shape index (κ3) is 3.72. The van der Waals surface area contributed by atoms with Gasteiger partial charge in [0.05, 0.1) is 29.1 Å². The molecule has 1 aliphatic rings. The van der Waals surface area contributed by atoms with Crippen molar-refractivity contribution in [2.75, 3.05) is 0 Å². The van der Waals surface area contributed by atoms with Gasteiger partial charge in [0.2, 0.25) is 0 Å². The molecule has 1 amide bonds. The predicted molar refractivity (Wildman–Crippen MR) is 121 cm³/mol. The second-order valence-corrected chi connectivity index (χ2v) is 9.99. The molecule has 0 saturated carbocycles. The summed E-state index contributed by atoms with van der Waals surface area (Å²) in [5.74, 6) is -0.0778. The average Bonchev–Trinajstić information content (AvgIpc) is 3.43. The van der Waals surface area contributed by atoms with Crippen LogP contribution in [0, 0.1) is 0 Å². The minimum Gasteiger partial charge on any atom is -0.343 e. The zero-order valence-electron chi connectivity index (χ0n) is 17.8. The molecule has 0 saturated heterocycles. The number of hydrogen-bond acceptors (Lipinski definition) is 6. The molecule has 1 aliphatic carbocycles. The van der Waals surface area contributed by atoms with Gasteiger partial charge in [-0.25, -0.2) is 9.97 Å². The van der Waals surface area contributed by atoms with Gasteiger partial charge in [0.15, 0.2) is 5.65 Å². The van der Waals surface area contributed by atoms with E-state index >= 15 is 0 Å². The van der Waals surface area contributed by atoms with E-state index in [-0.39, 0.29) is 17.4 Å². The van der Waals surface area contributed by atoms with Crippen molar-refractivity contribution in [2.45, 2.75) is 51.5 Å². The summed E-state index contributed by atoms with van der Waals surface area (Å²) in [5.41, 5.74) is 4.94. The van der Waals surface area contributed by atoms with Crippen LogP contribution in [0.25, 0.3) is 22.2 Å². The van der Waals surface area contributed by atoms with E-state index < -0.39 is 0 Å². The Bertz CT molecular complexity index is 1270. The fourth-order valence-electron chi connectivity index (χ4n) is 4.01. The second kappa shape index (κ2) is 7.53. The number of aromatic amines is 1. The summed E-state index contributed by atoms with van der Waals surface area (Å²) in [6.45, 7) is 6.31. The number of fused-ring (bicyclic) bond motifs is 2.